The molecule has 2 amide bonds. The van der Waals surface area contributed by atoms with Crippen LogP contribution < -0.4 is 15.0 Å². The van der Waals surface area contributed by atoms with Crippen LogP contribution in [0.4, 0.5) is 10.1 Å². The number of carbonyl (C=O) groups excluding carboxylic acids is 2. The summed E-state index contributed by atoms with van der Waals surface area (Å²) in [4.78, 5) is 28.3. The summed E-state index contributed by atoms with van der Waals surface area (Å²) >= 11 is 0. The molecule has 8 heteroatoms. The largest absolute Gasteiger partial charge is 0.497 e. The molecule has 31 heavy (non-hydrogen) atoms. The summed E-state index contributed by atoms with van der Waals surface area (Å²) in [6.07, 6.45) is 0. The van der Waals surface area contributed by atoms with Crippen LogP contribution in [0.5, 0.6) is 5.75 Å². The molecule has 1 atom stereocenters. The zero-order valence-electron chi connectivity index (χ0n) is 17.6. The standard InChI is InChI=1S/C23H23FN4O3/c1-15-12-20-21(29)28(18-8-10-19(31-3)11-9-18)23(2,14-27(20)26-15)22(30)25-13-16-4-6-17(24)7-5-16/h4-12H,13-14H2,1-3H3,(H,25,30)/t23-/m0/s1. The molecule has 0 bridgehead atoms. The van der Waals surface area contributed by atoms with Gasteiger partial charge in [-0.1, -0.05) is 12.1 Å². The van der Waals surface area contributed by atoms with E-state index in [0.717, 1.165) is 5.56 Å². The first-order valence-corrected chi connectivity index (χ1v) is 9.87. The van der Waals surface area contributed by atoms with Gasteiger partial charge in [0.2, 0.25) is 5.91 Å². The Balaban J connectivity index is 1.69. The van der Waals surface area contributed by atoms with Crippen molar-refractivity contribution in [2.45, 2.75) is 32.5 Å². The number of nitrogens with one attached hydrogen (secondary N) is 1. The number of methoxy groups -OCH3 is 1. The van der Waals surface area contributed by atoms with E-state index in [-0.39, 0.29) is 30.7 Å². The Morgan fingerprint density at radius 3 is 2.52 bits per heavy atom. The van der Waals surface area contributed by atoms with E-state index in [2.05, 4.69) is 10.4 Å². The minimum absolute atomic E-state index is 0.198. The molecule has 0 saturated heterocycles. The molecule has 4 rings (SSSR count). The Labute approximate surface area is 179 Å². The van der Waals surface area contributed by atoms with Crippen LogP contribution in [0.15, 0.2) is 54.6 Å². The summed E-state index contributed by atoms with van der Waals surface area (Å²) in [6, 6.07) is 14.6. The van der Waals surface area contributed by atoms with Gasteiger partial charge >= 0.3 is 0 Å². The lowest BCUT2D eigenvalue weighted by Gasteiger charge is -2.43. The molecule has 1 N–H and O–H groups in total. The van der Waals surface area contributed by atoms with Crippen LogP contribution in [0.25, 0.3) is 0 Å². The average Bonchev–Trinajstić information content (AvgIpc) is 3.13. The van der Waals surface area contributed by atoms with Crippen LogP contribution in [-0.4, -0.2) is 34.2 Å². The van der Waals surface area contributed by atoms with Gasteiger partial charge in [-0.05, 0) is 61.9 Å². The second-order valence-electron chi connectivity index (χ2n) is 7.75. The molecule has 1 aliphatic heterocycles. The fourth-order valence-electron chi connectivity index (χ4n) is 3.82. The zero-order chi connectivity index (χ0) is 22.2. The number of ether oxygens (including phenoxy) is 1. The molecule has 160 valence electrons. The lowest BCUT2D eigenvalue weighted by molar-refractivity contribution is -0.126. The third-order valence-electron chi connectivity index (χ3n) is 5.46. The van der Waals surface area contributed by atoms with E-state index in [9.17, 15) is 14.0 Å². The Kier molecular flexibility index (Phi) is 5.22. The number of aryl methyl sites for hydroxylation is 1. The average molecular weight is 422 g/mol. The normalized spacial score (nSPS) is 17.9. The second kappa shape index (κ2) is 7.86. The fraction of sp³-hybridized carbons (Fsp3) is 0.261. The summed E-state index contributed by atoms with van der Waals surface area (Å²) < 4.78 is 20.0. The minimum atomic E-state index is -1.23. The van der Waals surface area contributed by atoms with Gasteiger partial charge in [-0.25, -0.2) is 4.39 Å². The van der Waals surface area contributed by atoms with Crippen molar-refractivity contribution in [2.24, 2.45) is 0 Å². The van der Waals surface area contributed by atoms with Gasteiger partial charge in [0.25, 0.3) is 5.91 Å². The quantitative estimate of drug-likeness (QED) is 0.686. The number of hydrogen-bond acceptors (Lipinski definition) is 4. The highest BCUT2D eigenvalue weighted by Crippen LogP contribution is 2.33. The summed E-state index contributed by atoms with van der Waals surface area (Å²) in [7, 11) is 1.56. The molecule has 0 spiro atoms. The highest BCUT2D eigenvalue weighted by Gasteiger charge is 2.48. The topological polar surface area (TPSA) is 76.5 Å². The van der Waals surface area contributed by atoms with Gasteiger partial charge < -0.3 is 10.1 Å². The maximum absolute atomic E-state index is 13.4. The Hall–Kier alpha value is -3.68. The molecule has 1 aliphatic rings. The number of amides is 2. The van der Waals surface area contributed by atoms with Gasteiger partial charge in [0.05, 0.1) is 19.3 Å². The number of nitrogens with zero attached hydrogens (tertiary/aromatic N) is 3. The first kappa shape index (κ1) is 20.6. The molecule has 0 saturated carbocycles. The van der Waals surface area contributed by atoms with Gasteiger partial charge in [0.15, 0.2) is 0 Å². The zero-order valence-corrected chi connectivity index (χ0v) is 17.6. The number of fused-ring (bicyclic) bond motifs is 1. The van der Waals surface area contributed by atoms with Crippen molar-refractivity contribution in [3.05, 3.63) is 77.4 Å². The molecule has 3 aromatic rings. The number of halogens is 1. The van der Waals surface area contributed by atoms with Crippen molar-refractivity contribution >= 4 is 17.5 Å². The molecule has 0 fully saturated rings. The van der Waals surface area contributed by atoms with Crippen LogP contribution in [-0.2, 0) is 17.9 Å². The summed E-state index contributed by atoms with van der Waals surface area (Å²) in [5.74, 6) is -0.333. The molecule has 1 aromatic heterocycles. The molecule has 2 aromatic carbocycles. The minimum Gasteiger partial charge on any atom is -0.497 e. The lowest BCUT2D eigenvalue weighted by atomic mass is 9.94. The van der Waals surface area contributed by atoms with Crippen LogP contribution in [0.2, 0.25) is 0 Å². The number of benzene rings is 2. The predicted molar refractivity (Wildman–Crippen MR) is 113 cm³/mol. The van der Waals surface area contributed by atoms with E-state index in [1.165, 1.54) is 17.0 Å². The highest BCUT2D eigenvalue weighted by atomic mass is 19.1. The first-order valence-electron chi connectivity index (χ1n) is 9.87. The van der Waals surface area contributed by atoms with Crippen molar-refractivity contribution in [3.63, 3.8) is 0 Å². The van der Waals surface area contributed by atoms with Gasteiger partial charge in [-0.2, -0.15) is 5.10 Å². The second-order valence-corrected chi connectivity index (χ2v) is 7.75. The SMILES string of the molecule is COc1ccc(N2C(=O)c3cc(C)nn3C[C@@]2(C)C(=O)NCc2ccc(F)cc2)cc1. The van der Waals surface area contributed by atoms with Crippen molar-refractivity contribution in [3.8, 4) is 5.75 Å². The van der Waals surface area contributed by atoms with Crippen molar-refractivity contribution < 1.29 is 18.7 Å². The van der Waals surface area contributed by atoms with Crippen molar-refractivity contribution in [2.75, 3.05) is 12.0 Å². The number of hydrogen-bond donors (Lipinski definition) is 1. The molecular formula is C23H23FN4O3. The van der Waals surface area contributed by atoms with Crippen LogP contribution in [0.1, 0.15) is 28.7 Å². The predicted octanol–water partition coefficient (Wildman–Crippen LogP) is 3.07. The number of carbonyl (C=O) groups is 2. The highest BCUT2D eigenvalue weighted by molar-refractivity contribution is 6.11. The number of rotatable bonds is 5. The van der Waals surface area contributed by atoms with E-state index >= 15 is 0 Å². The Bertz CT molecular complexity index is 1120. The van der Waals surface area contributed by atoms with Crippen LogP contribution in [0, 0.1) is 12.7 Å². The molecule has 0 unspecified atom stereocenters. The molecular weight excluding hydrogens is 399 g/mol. The van der Waals surface area contributed by atoms with Gasteiger partial charge in [0, 0.05) is 12.2 Å². The van der Waals surface area contributed by atoms with Crippen LogP contribution >= 0.6 is 0 Å². The fourth-order valence-corrected chi connectivity index (χ4v) is 3.82. The van der Waals surface area contributed by atoms with E-state index in [1.54, 1.807) is 61.2 Å². The Morgan fingerprint density at radius 1 is 1.19 bits per heavy atom. The molecule has 7 nitrogen and oxygen atoms in total. The van der Waals surface area contributed by atoms with Gasteiger partial charge in [-0.3, -0.25) is 19.2 Å². The van der Waals surface area contributed by atoms with E-state index in [1.807, 2.05) is 6.92 Å². The smallest absolute Gasteiger partial charge is 0.277 e. The van der Waals surface area contributed by atoms with Crippen molar-refractivity contribution in [1.29, 1.82) is 0 Å². The molecule has 0 aliphatic carbocycles. The van der Waals surface area contributed by atoms with E-state index in [0.29, 0.717) is 22.8 Å². The Morgan fingerprint density at radius 2 is 1.87 bits per heavy atom. The summed E-state index contributed by atoms with van der Waals surface area (Å²) in [5, 5.41) is 7.28. The maximum Gasteiger partial charge on any atom is 0.277 e. The summed E-state index contributed by atoms with van der Waals surface area (Å²) in [5.41, 5.74) is 1.24. The first-order chi connectivity index (χ1) is 14.8. The van der Waals surface area contributed by atoms with Crippen LogP contribution in [0.3, 0.4) is 0 Å². The number of anilines is 1. The summed E-state index contributed by atoms with van der Waals surface area (Å²) in [6.45, 7) is 3.94. The number of aromatic nitrogens is 2. The lowest BCUT2D eigenvalue weighted by Crippen LogP contribution is -2.64. The third kappa shape index (κ3) is 3.76. The monoisotopic (exact) mass is 422 g/mol. The van der Waals surface area contributed by atoms with Gasteiger partial charge in [0.1, 0.15) is 22.8 Å². The van der Waals surface area contributed by atoms with E-state index in [4.69, 9.17) is 4.74 Å². The van der Waals surface area contributed by atoms with Gasteiger partial charge in [-0.15, -0.1) is 0 Å². The van der Waals surface area contributed by atoms with E-state index < -0.39 is 5.54 Å². The maximum atomic E-state index is 13.4. The third-order valence-corrected chi connectivity index (χ3v) is 5.46. The van der Waals surface area contributed by atoms with Crippen molar-refractivity contribution in [1.82, 2.24) is 15.1 Å². The molecule has 0 radical (unpaired) electrons. The molecule has 2 heterocycles.